The third-order valence-electron chi connectivity index (χ3n) is 5.32. The molecule has 9 heteroatoms. The SMILES string of the molecule is CC(C)C(=O)N(Cc1ccc(C(F)(F)F)cc1)CC1CC(c2ccc3c(c2)OCO3)=NO1. The number of hydrogen-bond donors (Lipinski definition) is 0. The van der Waals surface area contributed by atoms with Crippen LogP contribution in [0.4, 0.5) is 13.2 Å². The van der Waals surface area contributed by atoms with E-state index in [1.807, 2.05) is 18.2 Å². The lowest BCUT2D eigenvalue weighted by atomic mass is 10.0. The van der Waals surface area contributed by atoms with E-state index in [4.69, 9.17) is 14.3 Å². The average molecular weight is 448 g/mol. The monoisotopic (exact) mass is 448 g/mol. The van der Waals surface area contributed by atoms with Crippen molar-refractivity contribution in [3.8, 4) is 11.5 Å². The van der Waals surface area contributed by atoms with Crippen LogP contribution in [0.3, 0.4) is 0 Å². The minimum absolute atomic E-state index is 0.106. The molecule has 0 N–H and O–H groups in total. The summed E-state index contributed by atoms with van der Waals surface area (Å²) in [5, 5.41) is 4.17. The highest BCUT2D eigenvalue weighted by Crippen LogP contribution is 2.34. The number of halogens is 3. The largest absolute Gasteiger partial charge is 0.454 e. The van der Waals surface area contributed by atoms with Gasteiger partial charge >= 0.3 is 6.18 Å². The first-order chi connectivity index (χ1) is 15.2. The summed E-state index contributed by atoms with van der Waals surface area (Å²) < 4.78 is 49.2. The van der Waals surface area contributed by atoms with Gasteiger partial charge in [-0.1, -0.05) is 31.1 Å². The summed E-state index contributed by atoms with van der Waals surface area (Å²) in [6.45, 7) is 4.21. The van der Waals surface area contributed by atoms with Gasteiger partial charge in [-0.25, -0.2) is 0 Å². The molecule has 2 aromatic carbocycles. The van der Waals surface area contributed by atoms with Gasteiger partial charge in [-0.2, -0.15) is 13.2 Å². The maximum absolute atomic E-state index is 12.8. The van der Waals surface area contributed by atoms with Gasteiger partial charge in [0.25, 0.3) is 0 Å². The Morgan fingerprint density at radius 2 is 1.84 bits per heavy atom. The Bertz CT molecular complexity index is 1020. The van der Waals surface area contributed by atoms with Gasteiger partial charge in [0.05, 0.1) is 17.8 Å². The van der Waals surface area contributed by atoms with Gasteiger partial charge in [0, 0.05) is 24.4 Å². The van der Waals surface area contributed by atoms with Crippen LogP contribution in [0.1, 0.15) is 37.0 Å². The molecule has 4 rings (SSSR count). The van der Waals surface area contributed by atoms with E-state index in [2.05, 4.69) is 5.16 Å². The Morgan fingerprint density at radius 1 is 1.12 bits per heavy atom. The van der Waals surface area contributed by atoms with Crippen molar-refractivity contribution in [1.82, 2.24) is 4.90 Å². The first-order valence-electron chi connectivity index (χ1n) is 10.3. The quantitative estimate of drug-likeness (QED) is 0.648. The van der Waals surface area contributed by atoms with Gasteiger partial charge in [-0.05, 0) is 35.9 Å². The van der Waals surface area contributed by atoms with Crippen LogP contribution in [0.25, 0.3) is 0 Å². The van der Waals surface area contributed by atoms with Gasteiger partial charge in [-0.3, -0.25) is 4.79 Å². The second-order valence-electron chi connectivity index (χ2n) is 8.11. The molecule has 1 amide bonds. The maximum atomic E-state index is 12.8. The van der Waals surface area contributed by atoms with Crippen LogP contribution in [0, 0.1) is 5.92 Å². The first kappa shape index (κ1) is 22.0. The molecule has 0 aromatic heterocycles. The molecular formula is C23H23F3N2O4. The highest BCUT2D eigenvalue weighted by atomic mass is 19.4. The van der Waals surface area contributed by atoms with Crippen LogP contribution < -0.4 is 9.47 Å². The standard InChI is InChI=1S/C23H23F3N2O4/c1-14(2)22(29)28(11-15-3-6-17(7-4-15)23(24,25)26)12-18-10-19(27-32-18)16-5-8-20-21(9-16)31-13-30-20/h3-9,14,18H,10-13H2,1-2H3. The molecule has 0 saturated heterocycles. The fraction of sp³-hybridized carbons (Fsp3) is 0.391. The smallest absolute Gasteiger partial charge is 0.416 e. The number of carbonyl (C=O) groups is 1. The molecule has 170 valence electrons. The number of ether oxygens (including phenoxy) is 2. The Labute approximate surface area is 183 Å². The number of amides is 1. The van der Waals surface area contributed by atoms with Crippen molar-refractivity contribution in [1.29, 1.82) is 0 Å². The molecule has 0 bridgehead atoms. The second-order valence-corrected chi connectivity index (χ2v) is 8.11. The van der Waals surface area contributed by atoms with E-state index in [1.165, 1.54) is 12.1 Å². The molecule has 0 spiro atoms. The fourth-order valence-electron chi connectivity index (χ4n) is 3.64. The summed E-state index contributed by atoms with van der Waals surface area (Å²) in [6.07, 6.45) is -4.26. The van der Waals surface area contributed by atoms with Crippen molar-refractivity contribution in [3.63, 3.8) is 0 Å². The minimum Gasteiger partial charge on any atom is -0.454 e. The lowest BCUT2D eigenvalue weighted by molar-refractivity contribution is -0.138. The molecule has 0 radical (unpaired) electrons. The Balaban J connectivity index is 1.43. The molecule has 2 heterocycles. The van der Waals surface area contributed by atoms with E-state index in [-0.39, 0.29) is 37.8 Å². The molecule has 2 aliphatic heterocycles. The Kier molecular flexibility index (Phi) is 5.99. The molecule has 2 aromatic rings. The van der Waals surface area contributed by atoms with Crippen molar-refractivity contribution in [2.24, 2.45) is 11.1 Å². The van der Waals surface area contributed by atoms with Crippen molar-refractivity contribution >= 4 is 11.6 Å². The third-order valence-corrected chi connectivity index (χ3v) is 5.32. The fourth-order valence-corrected chi connectivity index (χ4v) is 3.64. The lowest BCUT2D eigenvalue weighted by Crippen LogP contribution is -2.39. The summed E-state index contributed by atoms with van der Waals surface area (Å²) in [7, 11) is 0. The molecule has 32 heavy (non-hydrogen) atoms. The van der Waals surface area contributed by atoms with Crippen LogP contribution >= 0.6 is 0 Å². The van der Waals surface area contributed by atoms with Gasteiger partial charge in [0.2, 0.25) is 12.7 Å². The van der Waals surface area contributed by atoms with Crippen LogP contribution in [0.2, 0.25) is 0 Å². The highest BCUT2D eigenvalue weighted by molar-refractivity contribution is 6.01. The highest BCUT2D eigenvalue weighted by Gasteiger charge is 2.31. The summed E-state index contributed by atoms with van der Waals surface area (Å²) in [4.78, 5) is 19.9. The Hall–Kier alpha value is -3.23. The van der Waals surface area contributed by atoms with Gasteiger partial charge in [0.1, 0.15) is 0 Å². The number of benzene rings is 2. The first-order valence-corrected chi connectivity index (χ1v) is 10.3. The lowest BCUT2D eigenvalue weighted by Gasteiger charge is -2.26. The predicted molar refractivity (Wildman–Crippen MR) is 110 cm³/mol. The second kappa shape index (κ2) is 8.72. The summed E-state index contributed by atoms with van der Waals surface area (Å²) in [6, 6.07) is 10.4. The van der Waals surface area contributed by atoms with Crippen LogP contribution in [-0.4, -0.2) is 36.0 Å². The van der Waals surface area contributed by atoms with E-state index < -0.39 is 11.7 Å². The van der Waals surface area contributed by atoms with Crippen molar-refractivity contribution < 1.29 is 32.3 Å². The predicted octanol–water partition coefficient (Wildman–Crippen LogP) is 4.61. The zero-order chi connectivity index (χ0) is 22.9. The number of nitrogens with zero attached hydrogens (tertiary/aromatic N) is 2. The maximum Gasteiger partial charge on any atom is 0.416 e. The van der Waals surface area contributed by atoms with Crippen LogP contribution in [-0.2, 0) is 22.4 Å². The summed E-state index contributed by atoms with van der Waals surface area (Å²) >= 11 is 0. The van der Waals surface area contributed by atoms with Gasteiger partial charge in [-0.15, -0.1) is 0 Å². The van der Waals surface area contributed by atoms with E-state index in [0.717, 1.165) is 23.4 Å². The van der Waals surface area contributed by atoms with Gasteiger partial charge < -0.3 is 19.2 Å². The van der Waals surface area contributed by atoms with E-state index in [0.29, 0.717) is 23.5 Å². The van der Waals surface area contributed by atoms with E-state index in [1.54, 1.807) is 18.7 Å². The molecule has 0 fully saturated rings. The molecular weight excluding hydrogens is 425 g/mol. The summed E-state index contributed by atoms with van der Waals surface area (Å²) in [5.74, 6) is 0.952. The van der Waals surface area contributed by atoms with E-state index >= 15 is 0 Å². The summed E-state index contributed by atoms with van der Waals surface area (Å²) in [5.41, 5.74) is 1.48. The van der Waals surface area contributed by atoms with Crippen molar-refractivity contribution in [2.75, 3.05) is 13.3 Å². The molecule has 0 aliphatic carbocycles. The zero-order valence-electron chi connectivity index (χ0n) is 17.7. The van der Waals surface area contributed by atoms with Crippen LogP contribution in [0.5, 0.6) is 11.5 Å². The normalized spacial score (nSPS) is 17.3. The number of carbonyl (C=O) groups excluding carboxylic acids is 1. The Morgan fingerprint density at radius 3 is 2.53 bits per heavy atom. The molecule has 6 nitrogen and oxygen atoms in total. The number of oxime groups is 1. The van der Waals surface area contributed by atoms with Crippen LogP contribution in [0.15, 0.2) is 47.6 Å². The third kappa shape index (κ3) is 4.81. The minimum atomic E-state index is -4.40. The molecule has 1 unspecified atom stereocenters. The number of hydrogen-bond acceptors (Lipinski definition) is 5. The van der Waals surface area contributed by atoms with E-state index in [9.17, 15) is 18.0 Å². The zero-order valence-corrected chi connectivity index (χ0v) is 17.7. The number of alkyl halides is 3. The molecule has 2 aliphatic rings. The topological polar surface area (TPSA) is 60.4 Å². The van der Waals surface area contributed by atoms with Crippen molar-refractivity contribution in [3.05, 3.63) is 59.2 Å². The van der Waals surface area contributed by atoms with Gasteiger partial charge in [0.15, 0.2) is 17.6 Å². The number of fused-ring (bicyclic) bond motifs is 1. The molecule has 1 atom stereocenters. The van der Waals surface area contributed by atoms with Crippen molar-refractivity contribution in [2.45, 2.75) is 39.1 Å². The molecule has 0 saturated carbocycles. The average Bonchev–Trinajstić information content (AvgIpc) is 3.41. The number of rotatable bonds is 6.